The molecular weight excluding hydrogens is 288 g/mol. The Morgan fingerprint density at radius 2 is 1.68 bits per heavy atom. The molecule has 0 atom stereocenters. The van der Waals surface area contributed by atoms with Crippen molar-refractivity contribution in [3.8, 4) is 0 Å². The average Bonchev–Trinajstić information content (AvgIpc) is 2.49. The van der Waals surface area contributed by atoms with Crippen LogP contribution in [0, 0.1) is 5.92 Å². The number of nitrogens with zero attached hydrogens (tertiary/aromatic N) is 3. The van der Waals surface area contributed by atoms with E-state index in [0.717, 1.165) is 29.1 Å². The van der Waals surface area contributed by atoms with Crippen LogP contribution in [-0.2, 0) is 14.4 Å². The van der Waals surface area contributed by atoms with Crippen molar-refractivity contribution in [2.45, 2.75) is 39.5 Å². The second-order valence-electron chi connectivity index (χ2n) is 5.26. The number of barbiturate groups is 1. The molecular formula is C14H22N4O4. The maximum atomic E-state index is 12.1. The number of amides is 5. The number of carbonyl (C=O) groups excluding carboxylic acids is 4. The zero-order valence-electron chi connectivity index (χ0n) is 13.4. The van der Waals surface area contributed by atoms with E-state index in [4.69, 9.17) is 0 Å². The molecule has 0 spiro atoms. The average molecular weight is 310 g/mol. The summed E-state index contributed by atoms with van der Waals surface area (Å²) in [7, 11) is 2.61. The highest BCUT2D eigenvalue weighted by Crippen LogP contribution is 2.16. The van der Waals surface area contributed by atoms with E-state index >= 15 is 0 Å². The summed E-state index contributed by atoms with van der Waals surface area (Å²) in [6, 6.07) is -0.678. The molecule has 0 aromatic carbocycles. The number of nitrogens with one attached hydrogen (secondary N) is 1. The highest BCUT2D eigenvalue weighted by Gasteiger charge is 2.44. The Morgan fingerprint density at radius 1 is 1.14 bits per heavy atom. The van der Waals surface area contributed by atoms with Gasteiger partial charge in [-0.2, -0.15) is 5.10 Å². The number of hydrazone groups is 1. The van der Waals surface area contributed by atoms with E-state index in [2.05, 4.69) is 10.5 Å². The fourth-order valence-corrected chi connectivity index (χ4v) is 2.07. The molecule has 0 bridgehead atoms. The summed E-state index contributed by atoms with van der Waals surface area (Å²) in [5.41, 5.74) is 2.50. The topological polar surface area (TPSA) is 99.2 Å². The molecule has 0 radical (unpaired) electrons. The SMILES string of the molecule is CCCCCC(=O)NN=C(C)C1C(=O)N(C)C(=O)N(C)C1=O. The van der Waals surface area contributed by atoms with Gasteiger partial charge in [0.1, 0.15) is 0 Å². The summed E-state index contributed by atoms with van der Waals surface area (Å²) in [5.74, 6) is -2.73. The first-order chi connectivity index (χ1) is 10.3. The minimum Gasteiger partial charge on any atom is -0.273 e. The normalized spacial score (nSPS) is 17.3. The van der Waals surface area contributed by atoms with Gasteiger partial charge in [0, 0.05) is 20.5 Å². The quantitative estimate of drug-likeness (QED) is 0.338. The van der Waals surface area contributed by atoms with Gasteiger partial charge in [-0.3, -0.25) is 24.2 Å². The molecule has 0 unspecified atom stereocenters. The molecule has 1 aliphatic heterocycles. The third kappa shape index (κ3) is 3.90. The zero-order chi connectivity index (χ0) is 16.9. The van der Waals surface area contributed by atoms with Gasteiger partial charge >= 0.3 is 6.03 Å². The van der Waals surface area contributed by atoms with Crippen molar-refractivity contribution in [1.29, 1.82) is 0 Å². The van der Waals surface area contributed by atoms with E-state index in [-0.39, 0.29) is 11.6 Å². The molecule has 1 aliphatic rings. The monoisotopic (exact) mass is 310 g/mol. The van der Waals surface area contributed by atoms with Crippen molar-refractivity contribution < 1.29 is 19.2 Å². The number of unbranched alkanes of at least 4 members (excludes halogenated alkanes) is 2. The van der Waals surface area contributed by atoms with E-state index in [9.17, 15) is 19.2 Å². The van der Waals surface area contributed by atoms with Crippen LogP contribution in [0.3, 0.4) is 0 Å². The van der Waals surface area contributed by atoms with Gasteiger partial charge < -0.3 is 0 Å². The molecule has 1 N–H and O–H groups in total. The lowest BCUT2D eigenvalue weighted by Crippen LogP contribution is -2.58. The van der Waals surface area contributed by atoms with Crippen molar-refractivity contribution in [1.82, 2.24) is 15.2 Å². The summed E-state index contributed by atoms with van der Waals surface area (Å²) < 4.78 is 0. The molecule has 1 saturated heterocycles. The highest BCUT2D eigenvalue weighted by molar-refractivity contribution is 6.26. The zero-order valence-corrected chi connectivity index (χ0v) is 13.4. The van der Waals surface area contributed by atoms with Gasteiger partial charge in [0.05, 0.1) is 5.71 Å². The highest BCUT2D eigenvalue weighted by atomic mass is 16.2. The molecule has 1 heterocycles. The number of urea groups is 1. The number of carbonyl (C=O) groups is 4. The summed E-state index contributed by atoms with van der Waals surface area (Å²) >= 11 is 0. The maximum absolute atomic E-state index is 12.1. The molecule has 122 valence electrons. The Labute approximate surface area is 129 Å². The lowest BCUT2D eigenvalue weighted by Gasteiger charge is -2.32. The van der Waals surface area contributed by atoms with E-state index in [1.807, 2.05) is 6.92 Å². The molecule has 1 rings (SSSR count). The van der Waals surface area contributed by atoms with Crippen molar-refractivity contribution in [3.63, 3.8) is 0 Å². The summed E-state index contributed by atoms with van der Waals surface area (Å²) in [6.07, 6.45) is 3.06. The minimum atomic E-state index is -1.18. The second-order valence-corrected chi connectivity index (χ2v) is 5.26. The largest absolute Gasteiger partial charge is 0.332 e. The van der Waals surface area contributed by atoms with Crippen LogP contribution in [0.2, 0.25) is 0 Å². The first-order valence-corrected chi connectivity index (χ1v) is 7.23. The van der Waals surface area contributed by atoms with Crippen LogP contribution in [-0.4, -0.2) is 53.4 Å². The minimum absolute atomic E-state index is 0.157. The van der Waals surface area contributed by atoms with Gasteiger partial charge in [0.15, 0.2) is 5.92 Å². The van der Waals surface area contributed by atoms with E-state index in [1.165, 1.54) is 21.0 Å². The van der Waals surface area contributed by atoms with Gasteiger partial charge in [-0.25, -0.2) is 10.2 Å². The fourth-order valence-electron chi connectivity index (χ4n) is 2.07. The van der Waals surface area contributed by atoms with Gasteiger partial charge in [0.25, 0.3) is 0 Å². The Kier molecular flexibility index (Phi) is 6.21. The molecule has 0 aromatic heterocycles. The first-order valence-electron chi connectivity index (χ1n) is 7.23. The number of hydrogen-bond donors (Lipinski definition) is 1. The van der Waals surface area contributed by atoms with E-state index in [0.29, 0.717) is 6.42 Å². The van der Waals surface area contributed by atoms with Crippen LogP contribution in [0.15, 0.2) is 5.10 Å². The fraction of sp³-hybridized carbons (Fsp3) is 0.643. The van der Waals surface area contributed by atoms with Gasteiger partial charge in [0.2, 0.25) is 17.7 Å². The van der Waals surface area contributed by atoms with Gasteiger partial charge in [-0.1, -0.05) is 19.8 Å². The van der Waals surface area contributed by atoms with Crippen LogP contribution >= 0.6 is 0 Å². The Morgan fingerprint density at radius 3 is 2.18 bits per heavy atom. The second kappa shape index (κ2) is 7.67. The molecule has 22 heavy (non-hydrogen) atoms. The van der Waals surface area contributed by atoms with E-state index < -0.39 is 23.8 Å². The maximum Gasteiger partial charge on any atom is 0.332 e. The molecule has 0 aliphatic carbocycles. The summed E-state index contributed by atoms with van der Waals surface area (Å²) in [4.78, 5) is 49.1. The molecule has 0 saturated carbocycles. The lowest BCUT2D eigenvalue weighted by molar-refractivity contribution is -0.144. The summed E-state index contributed by atoms with van der Waals surface area (Å²) in [5, 5.41) is 3.83. The van der Waals surface area contributed by atoms with Crippen LogP contribution in [0.5, 0.6) is 0 Å². The van der Waals surface area contributed by atoms with Crippen molar-refractivity contribution in [2.24, 2.45) is 11.0 Å². The van der Waals surface area contributed by atoms with Gasteiger partial charge in [-0.15, -0.1) is 0 Å². The smallest absolute Gasteiger partial charge is 0.273 e. The lowest BCUT2D eigenvalue weighted by atomic mass is 9.99. The number of rotatable bonds is 6. The molecule has 8 heteroatoms. The van der Waals surface area contributed by atoms with Crippen molar-refractivity contribution in [3.05, 3.63) is 0 Å². The Hall–Kier alpha value is -2.25. The third-order valence-electron chi connectivity index (χ3n) is 3.51. The van der Waals surface area contributed by atoms with Crippen LogP contribution in [0.1, 0.15) is 39.5 Å². The van der Waals surface area contributed by atoms with Crippen molar-refractivity contribution >= 4 is 29.5 Å². The van der Waals surface area contributed by atoms with Crippen LogP contribution in [0.4, 0.5) is 4.79 Å². The predicted octanol–water partition coefficient (Wildman–Crippen LogP) is 0.725. The first kappa shape index (κ1) is 17.8. The van der Waals surface area contributed by atoms with Crippen molar-refractivity contribution in [2.75, 3.05) is 14.1 Å². The standard InChI is InChI=1S/C14H22N4O4/c1-5-6-7-8-10(19)16-15-9(2)11-12(20)17(3)14(22)18(4)13(11)21/h11H,5-8H2,1-4H3,(H,16,19). The summed E-state index contributed by atoms with van der Waals surface area (Å²) in [6.45, 7) is 3.51. The number of hydrogen-bond acceptors (Lipinski definition) is 5. The van der Waals surface area contributed by atoms with E-state index in [1.54, 1.807) is 0 Å². The van der Waals surface area contributed by atoms with Crippen LogP contribution < -0.4 is 5.43 Å². The molecule has 8 nitrogen and oxygen atoms in total. The molecule has 1 fully saturated rings. The Bertz CT molecular complexity index is 491. The Balaban J connectivity index is 2.74. The molecule has 5 amide bonds. The van der Waals surface area contributed by atoms with Gasteiger partial charge in [-0.05, 0) is 13.3 Å². The third-order valence-corrected chi connectivity index (χ3v) is 3.51. The molecule has 0 aromatic rings. The number of imide groups is 2. The van der Waals surface area contributed by atoms with Crippen LogP contribution in [0.25, 0.3) is 0 Å². The predicted molar refractivity (Wildman–Crippen MR) is 79.8 cm³/mol.